The highest BCUT2D eigenvalue weighted by Gasteiger charge is 2.18. The average molecular weight is 385 g/mol. The molecule has 0 saturated heterocycles. The minimum atomic E-state index is -0.160. The van der Waals surface area contributed by atoms with Gasteiger partial charge in [0.05, 0.1) is 11.8 Å². The maximum atomic E-state index is 12.5. The van der Waals surface area contributed by atoms with Crippen LogP contribution in [0.1, 0.15) is 27.7 Å². The van der Waals surface area contributed by atoms with Crippen molar-refractivity contribution in [3.8, 4) is 0 Å². The Labute approximate surface area is 161 Å². The summed E-state index contributed by atoms with van der Waals surface area (Å²) in [6, 6.07) is 13.8. The number of carbonyl (C=O) groups is 1. The first-order chi connectivity index (χ1) is 12.5. The molecule has 2 heterocycles. The van der Waals surface area contributed by atoms with Gasteiger partial charge in [-0.15, -0.1) is 11.3 Å². The number of carbonyl (C=O) groups excluding carboxylic acids is 1. The number of aryl methyl sites for hydroxylation is 2. The third-order valence-electron chi connectivity index (χ3n) is 3.73. The summed E-state index contributed by atoms with van der Waals surface area (Å²) < 4.78 is 0. The largest absolute Gasteiger partial charge is 0.384 e. The fourth-order valence-corrected chi connectivity index (χ4v) is 4.02. The van der Waals surface area contributed by atoms with Gasteiger partial charge >= 0.3 is 0 Å². The van der Waals surface area contributed by atoms with Crippen molar-refractivity contribution in [2.24, 2.45) is 0 Å². The first-order valence-corrected chi connectivity index (χ1v) is 10.0. The van der Waals surface area contributed by atoms with Gasteiger partial charge in [-0.1, -0.05) is 47.7 Å². The number of amides is 1. The number of hydrogen-bond donors (Lipinski definition) is 2. The lowest BCUT2D eigenvalue weighted by Crippen LogP contribution is -2.30. The zero-order valence-corrected chi connectivity index (χ0v) is 16.2. The molecule has 3 aromatic rings. The topological polar surface area (TPSA) is 80.9 Å². The number of nitrogens with one attached hydrogen (secondary N) is 1. The SMILES string of the molecule is Cc1ccc(C(NC(=O)CSc2nc(C)cc(N)n2)c2cccs2)cc1. The van der Waals surface area contributed by atoms with E-state index in [9.17, 15) is 4.79 Å². The highest BCUT2D eigenvalue weighted by molar-refractivity contribution is 7.99. The summed E-state index contributed by atoms with van der Waals surface area (Å²) >= 11 is 2.91. The van der Waals surface area contributed by atoms with Crippen LogP contribution in [0, 0.1) is 13.8 Å². The second-order valence-electron chi connectivity index (χ2n) is 5.93. The molecule has 0 aliphatic carbocycles. The van der Waals surface area contributed by atoms with E-state index in [0.29, 0.717) is 11.0 Å². The molecule has 0 aliphatic heterocycles. The molecule has 3 rings (SSSR count). The van der Waals surface area contributed by atoms with E-state index in [4.69, 9.17) is 5.73 Å². The molecule has 0 aliphatic rings. The van der Waals surface area contributed by atoms with E-state index >= 15 is 0 Å². The van der Waals surface area contributed by atoms with Gasteiger partial charge < -0.3 is 11.1 Å². The van der Waals surface area contributed by atoms with Crippen molar-refractivity contribution < 1.29 is 4.79 Å². The first kappa shape index (κ1) is 18.4. The summed E-state index contributed by atoms with van der Waals surface area (Å²) in [7, 11) is 0. The van der Waals surface area contributed by atoms with E-state index in [1.54, 1.807) is 17.4 Å². The second kappa shape index (κ2) is 8.33. The Kier molecular flexibility index (Phi) is 5.90. The summed E-state index contributed by atoms with van der Waals surface area (Å²) in [5, 5.41) is 5.65. The molecule has 134 valence electrons. The van der Waals surface area contributed by atoms with Crippen molar-refractivity contribution in [3.05, 3.63) is 69.5 Å². The first-order valence-electron chi connectivity index (χ1n) is 8.14. The number of nitrogens with zero attached hydrogens (tertiary/aromatic N) is 2. The number of rotatable bonds is 6. The van der Waals surface area contributed by atoms with Crippen molar-refractivity contribution in [3.63, 3.8) is 0 Å². The Balaban J connectivity index is 1.70. The standard InChI is InChI=1S/C19H20N4OS2/c1-12-5-7-14(8-6-12)18(15-4-3-9-25-15)23-17(24)11-26-19-21-13(2)10-16(20)22-19/h3-10,18H,11H2,1-2H3,(H,23,24)(H2,20,21,22). The quantitative estimate of drug-likeness (QED) is 0.500. The van der Waals surface area contributed by atoms with Gasteiger partial charge in [0.15, 0.2) is 5.16 Å². The Morgan fingerprint density at radius 2 is 2.00 bits per heavy atom. The number of nitrogens with two attached hydrogens (primary N) is 1. The maximum Gasteiger partial charge on any atom is 0.231 e. The lowest BCUT2D eigenvalue weighted by molar-refractivity contribution is -0.119. The summed E-state index contributed by atoms with van der Waals surface area (Å²) in [5.41, 5.74) is 8.78. The Bertz CT molecular complexity index is 859. The zero-order chi connectivity index (χ0) is 18.5. The molecule has 0 spiro atoms. The van der Waals surface area contributed by atoms with Crippen LogP contribution < -0.4 is 11.1 Å². The van der Waals surface area contributed by atoms with Crippen molar-refractivity contribution in [2.75, 3.05) is 11.5 Å². The van der Waals surface area contributed by atoms with Gasteiger partial charge in [-0.2, -0.15) is 0 Å². The molecule has 0 radical (unpaired) electrons. The van der Waals surface area contributed by atoms with E-state index < -0.39 is 0 Å². The van der Waals surface area contributed by atoms with Crippen LogP contribution in [-0.4, -0.2) is 21.6 Å². The number of thiophene rings is 1. The van der Waals surface area contributed by atoms with Crippen LogP contribution in [0.15, 0.2) is 53.0 Å². The van der Waals surface area contributed by atoms with Crippen molar-refractivity contribution in [1.29, 1.82) is 0 Å². The number of hydrogen-bond acceptors (Lipinski definition) is 6. The predicted octanol–water partition coefficient (Wildman–Crippen LogP) is 3.74. The van der Waals surface area contributed by atoms with Crippen LogP contribution in [-0.2, 0) is 4.79 Å². The number of aromatic nitrogens is 2. The minimum Gasteiger partial charge on any atom is -0.384 e. The lowest BCUT2D eigenvalue weighted by Gasteiger charge is -2.18. The molecule has 5 nitrogen and oxygen atoms in total. The Hall–Kier alpha value is -2.38. The number of thioether (sulfide) groups is 1. The van der Waals surface area contributed by atoms with Crippen LogP contribution in [0.25, 0.3) is 0 Å². The van der Waals surface area contributed by atoms with E-state index in [1.807, 2.05) is 31.4 Å². The van der Waals surface area contributed by atoms with Crippen LogP contribution in [0.4, 0.5) is 5.82 Å². The van der Waals surface area contributed by atoms with E-state index in [-0.39, 0.29) is 17.7 Å². The molecular weight excluding hydrogens is 364 g/mol. The molecule has 0 saturated carbocycles. The molecule has 1 aromatic carbocycles. The highest BCUT2D eigenvalue weighted by atomic mass is 32.2. The van der Waals surface area contributed by atoms with E-state index in [2.05, 4.69) is 39.6 Å². The van der Waals surface area contributed by atoms with Crippen molar-refractivity contribution in [1.82, 2.24) is 15.3 Å². The molecule has 0 bridgehead atoms. The van der Waals surface area contributed by atoms with Crippen LogP contribution in [0.2, 0.25) is 0 Å². The summed E-state index contributed by atoms with van der Waals surface area (Å²) in [6.45, 7) is 3.90. The predicted molar refractivity (Wildman–Crippen MR) is 107 cm³/mol. The van der Waals surface area contributed by atoms with Crippen molar-refractivity contribution in [2.45, 2.75) is 25.0 Å². The summed E-state index contributed by atoms with van der Waals surface area (Å²) in [5.74, 6) is 0.575. The second-order valence-corrected chi connectivity index (χ2v) is 7.85. The Morgan fingerprint density at radius 3 is 2.65 bits per heavy atom. The molecule has 1 atom stereocenters. The van der Waals surface area contributed by atoms with E-state index in [1.165, 1.54) is 17.3 Å². The molecule has 1 amide bonds. The molecule has 0 fully saturated rings. The van der Waals surface area contributed by atoms with Gasteiger partial charge in [-0.25, -0.2) is 9.97 Å². The Morgan fingerprint density at radius 1 is 1.23 bits per heavy atom. The monoisotopic (exact) mass is 384 g/mol. The zero-order valence-electron chi connectivity index (χ0n) is 14.6. The van der Waals surface area contributed by atoms with E-state index in [0.717, 1.165) is 16.1 Å². The van der Waals surface area contributed by atoms with Crippen LogP contribution in [0.3, 0.4) is 0 Å². The third kappa shape index (κ3) is 4.83. The van der Waals surface area contributed by atoms with Gasteiger partial charge in [0.2, 0.25) is 5.91 Å². The summed E-state index contributed by atoms with van der Waals surface area (Å²) in [6.07, 6.45) is 0. The van der Waals surface area contributed by atoms with Gasteiger partial charge in [0.1, 0.15) is 5.82 Å². The van der Waals surface area contributed by atoms with Crippen LogP contribution in [0.5, 0.6) is 0 Å². The normalized spacial score (nSPS) is 11.9. The molecule has 2 aromatic heterocycles. The van der Waals surface area contributed by atoms with Crippen molar-refractivity contribution >= 4 is 34.8 Å². The van der Waals surface area contributed by atoms with Gasteiger partial charge in [0, 0.05) is 16.6 Å². The molecular formula is C19H20N4OS2. The van der Waals surface area contributed by atoms with Crippen LogP contribution >= 0.6 is 23.1 Å². The number of anilines is 1. The maximum absolute atomic E-state index is 12.5. The minimum absolute atomic E-state index is 0.0716. The molecule has 1 unspecified atom stereocenters. The van der Waals surface area contributed by atoms with Gasteiger partial charge in [-0.05, 0) is 30.9 Å². The molecule has 26 heavy (non-hydrogen) atoms. The smallest absolute Gasteiger partial charge is 0.231 e. The van der Waals surface area contributed by atoms with Gasteiger partial charge in [0.25, 0.3) is 0 Å². The molecule has 3 N–H and O–H groups in total. The molecule has 7 heteroatoms. The van der Waals surface area contributed by atoms with Gasteiger partial charge in [-0.3, -0.25) is 4.79 Å². The number of benzene rings is 1. The number of nitrogen functional groups attached to an aromatic ring is 1. The fourth-order valence-electron chi connectivity index (χ4n) is 2.50. The highest BCUT2D eigenvalue weighted by Crippen LogP contribution is 2.26. The average Bonchev–Trinajstić information content (AvgIpc) is 3.12. The third-order valence-corrected chi connectivity index (χ3v) is 5.51. The summed E-state index contributed by atoms with van der Waals surface area (Å²) in [4.78, 5) is 22.1. The lowest BCUT2D eigenvalue weighted by atomic mass is 10.0. The fraction of sp³-hybridized carbons (Fsp3) is 0.211.